The van der Waals surface area contributed by atoms with E-state index in [4.69, 9.17) is 20.8 Å². The average Bonchev–Trinajstić information content (AvgIpc) is 3.04. The summed E-state index contributed by atoms with van der Waals surface area (Å²) in [5.74, 6) is 1.25. The highest BCUT2D eigenvalue weighted by atomic mass is 35.5. The van der Waals surface area contributed by atoms with Crippen LogP contribution >= 0.6 is 22.9 Å². The van der Waals surface area contributed by atoms with Crippen LogP contribution in [0.4, 0.5) is 0 Å². The fourth-order valence-electron chi connectivity index (χ4n) is 2.05. The highest BCUT2D eigenvalue weighted by Gasteiger charge is 2.17. The Morgan fingerprint density at radius 3 is 2.81 bits per heavy atom. The van der Waals surface area contributed by atoms with Crippen LogP contribution in [0.5, 0.6) is 5.75 Å². The van der Waals surface area contributed by atoms with E-state index >= 15 is 0 Å². The maximum atomic E-state index is 12.6. The highest BCUT2D eigenvalue weighted by Crippen LogP contribution is 2.33. The lowest BCUT2D eigenvalue weighted by molar-refractivity contribution is 0.310. The molecule has 3 rings (SSSR count). The second kappa shape index (κ2) is 6.33. The van der Waals surface area contributed by atoms with E-state index in [9.17, 15) is 4.79 Å². The number of fused-ring (bicyclic) bond motifs is 1. The van der Waals surface area contributed by atoms with Gasteiger partial charge in [0, 0.05) is 5.88 Å². The van der Waals surface area contributed by atoms with Crippen molar-refractivity contribution in [3.63, 3.8) is 0 Å². The summed E-state index contributed by atoms with van der Waals surface area (Å²) in [6, 6.07) is 11.0. The predicted molar refractivity (Wildman–Crippen MR) is 86.6 cm³/mol. The van der Waals surface area contributed by atoms with E-state index in [2.05, 4.69) is 0 Å². The van der Waals surface area contributed by atoms with E-state index in [1.54, 1.807) is 12.1 Å². The Labute approximate surface area is 130 Å². The molecule has 0 amide bonds. The Kier molecular flexibility index (Phi) is 4.27. The summed E-state index contributed by atoms with van der Waals surface area (Å²) in [7, 11) is 0. The van der Waals surface area contributed by atoms with Gasteiger partial charge in [0.2, 0.25) is 11.2 Å². The maximum absolute atomic E-state index is 12.6. The molecule has 108 valence electrons. The van der Waals surface area contributed by atoms with E-state index < -0.39 is 0 Å². The third-order valence-corrected chi connectivity index (χ3v) is 4.16. The molecule has 0 fully saturated rings. The van der Waals surface area contributed by atoms with Gasteiger partial charge < -0.3 is 9.15 Å². The molecule has 3 aromatic rings. The molecule has 0 radical (unpaired) electrons. The molecule has 0 aliphatic heterocycles. The van der Waals surface area contributed by atoms with E-state index in [1.807, 2.05) is 29.6 Å². The summed E-state index contributed by atoms with van der Waals surface area (Å²) in [6.45, 7) is 0.394. The Morgan fingerprint density at radius 1 is 1.19 bits per heavy atom. The van der Waals surface area contributed by atoms with E-state index in [1.165, 1.54) is 11.3 Å². The van der Waals surface area contributed by atoms with Crippen molar-refractivity contribution < 1.29 is 9.15 Å². The zero-order valence-corrected chi connectivity index (χ0v) is 12.7. The van der Waals surface area contributed by atoms with E-state index in [0.717, 1.165) is 4.88 Å². The van der Waals surface area contributed by atoms with Crippen molar-refractivity contribution in [2.45, 2.75) is 6.42 Å². The molecule has 0 aliphatic rings. The number of halogens is 1. The smallest absolute Gasteiger partial charge is 0.235 e. The van der Waals surface area contributed by atoms with Crippen LogP contribution in [0.3, 0.4) is 0 Å². The molecule has 0 N–H and O–H groups in total. The van der Waals surface area contributed by atoms with E-state index in [0.29, 0.717) is 35.6 Å². The van der Waals surface area contributed by atoms with Gasteiger partial charge in [0.15, 0.2) is 5.76 Å². The maximum Gasteiger partial charge on any atom is 0.235 e. The monoisotopic (exact) mass is 320 g/mol. The lowest BCUT2D eigenvalue weighted by atomic mass is 10.2. The molecule has 0 aliphatic carbocycles. The van der Waals surface area contributed by atoms with Crippen LogP contribution < -0.4 is 10.2 Å². The molecular weight excluding hydrogens is 308 g/mol. The zero-order chi connectivity index (χ0) is 14.7. The normalized spacial score (nSPS) is 10.9. The van der Waals surface area contributed by atoms with Gasteiger partial charge in [-0.1, -0.05) is 18.2 Å². The number of thiophene rings is 1. The first-order valence-corrected chi connectivity index (χ1v) is 8.01. The first-order valence-electron chi connectivity index (χ1n) is 6.59. The molecule has 0 atom stereocenters. The number of para-hydroxylation sites is 1. The largest absolute Gasteiger partial charge is 0.486 e. The van der Waals surface area contributed by atoms with Gasteiger partial charge in [0.25, 0.3) is 0 Å². The lowest BCUT2D eigenvalue weighted by Crippen LogP contribution is -2.11. The molecule has 2 heterocycles. The minimum atomic E-state index is -0.144. The molecule has 0 bridgehead atoms. The Hall–Kier alpha value is -1.78. The van der Waals surface area contributed by atoms with Crippen LogP contribution in [0.2, 0.25) is 0 Å². The number of rotatable bonds is 5. The lowest BCUT2D eigenvalue weighted by Gasteiger charge is -2.10. The van der Waals surface area contributed by atoms with Crippen molar-refractivity contribution in [1.29, 1.82) is 0 Å². The summed E-state index contributed by atoms with van der Waals surface area (Å²) >= 11 is 7.17. The van der Waals surface area contributed by atoms with Crippen molar-refractivity contribution in [2.24, 2.45) is 0 Å². The van der Waals surface area contributed by atoms with Crippen LogP contribution in [0, 0.1) is 0 Å². The van der Waals surface area contributed by atoms with Crippen LogP contribution in [-0.4, -0.2) is 12.5 Å². The molecule has 5 heteroatoms. The van der Waals surface area contributed by atoms with Crippen molar-refractivity contribution in [3.8, 4) is 16.4 Å². The van der Waals surface area contributed by atoms with Crippen molar-refractivity contribution in [2.75, 3.05) is 12.5 Å². The molecular formula is C16H13ClO3S. The first kappa shape index (κ1) is 14.2. The molecule has 0 spiro atoms. The van der Waals surface area contributed by atoms with Crippen LogP contribution in [0.1, 0.15) is 6.42 Å². The first-order chi connectivity index (χ1) is 10.3. The highest BCUT2D eigenvalue weighted by molar-refractivity contribution is 7.13. The SMILES string of the molecule is O=c1c(OCCCCl)c(-c2cccs2)oc2ccccc12. The Morgan fingerprint density at radius 2 is 2.05 bits per heavy atom. The molecule has 1 aromatic carbocycles. The topological polar surface area (TPSA) is 39.4 Å². The van der Waals surface area contributed by atoms with Crippen molar-refractivity contribution in [1.82, 2.24) is 0 Å². The Bertz CT molecular complexity index is 793. The fraction of sp³-hybridized carbons (Fsp3) is 0.188. The molecule has 3 nitrogen and oxygen atoms in total. The van der Waals surface area contributed by atoms with Gasteiger partial charge in [-0.15, -0.1) is 22.9 Å². The standard InChI is InChI=1S/C16H13ClO3S/c17-8-4-9-19-16-14(18)11-5-1-2-6-12(11)20-15(16)13-7-3-10-21-13/h1-3,5-7,10H,4,8-9H2. The summed E-state index contributed by atoms with van der Waals surface area (Å²) in [5, 5.41) is 2.46. The number of ether oxygens (including phenoxy) is 1. The van der Waals surface area contributed by atoms with Crippen LogP contribution in [-0.2, 0) is 0 Å². The van der Waals surface area contributed by atoms with Crippen LogP contribution in [0.25, 0.3) is 21.6 Å². The molecule has 0 saturated heterocycles. The summed E-state index contributed by atoms with van der Waals surface area (Å²) in [4.78, 5) is 13.5. The number of benzene rings is 1. The fourth-order valence-corrected chi connectivity index (χ4v) is 2.87. The average molecular weight is 321 g/mol. The zero-order valence-electron chi connectivity index (χ0n) is 11.2. The third-order valence-electron chi connectivity index (χ3n) is 3.03. The van der Waals surface area contributed by atoms with Crippen molar-refractivity contribution >= 4 is 33.9 Å². The third kappa shape index (κ3) is 2.82. The molecule has 21 heavy (non-hydrogen) atoms. The van der Waals surface area contributed by atoms with E-state index in [-0.39, 0.29) is 11.2 Å². The molecule has 0 unspecified atom stereocenters. The second-order valence-corrected chi connectivity index (χ2v) is 5.78. The Balaban J connectivity index is 2.18. The van der Waals surface area contributed by atoms with Gasteiger partial charge in [-0.2, -0.15) is 0 Å². The molecule has 0 saturated carbocycles. The number of alkyl halides is 1. The summed E-state index contributed by atoms with van der Waals surface area (Å²) < 4.78 is 11.6. The predicted octanol–water partition coefficient (Wildman–Crippen LogP) is 4.53. The number of hydrogen-bond donors (Lipinski definition) is 0. The van der Waals surface area contributed by atoms with Crippen LogP contribution in [0.15, 0.2) is 51.0 Å². The quantitative estimate of drug-likeness (QED) is 0.512. The van der Waals surface area contributed by atoms with Gasteiger partial charge in [0.1, 0.15) is 5.58 Å². The second-order valence-electron chi connectivity index (χ2n) is 4.45. The minimum absolute atomic E-state index is 0.144. The number of hydrogen-bond acceptors (Lipinski definition) is 4. The van der Waals surface area contributed by atoms with Gasteiger partial charge in [-0.25, -0.2) is 0 Å². The summed E-state index contributed by atoms with van der Waals surface area (Å²) in [6.07, 6.45) is 0.678. The van der Waals surface area contributed by atoms with Crippen molar-refractivity contribution in [3.05, 3.63) is 52.0 Å². The summed E-state index contributed by atoms with van der Waals surface area (Å²) in [5.41, 5.74) is 0.422. The van der Waals surface area contributed by atoms with Gasteiger partial charge >= 0.3 is 0 Å². The van der Waals surface area contributed by atoms with Gasteiger partial charge in [0.05, 0.1) is 16.9 Å². The minimum Gasteiger partial charge on any atom is -0.486 e. The van der Waals surface area contributed by atoms with Gasteiger partial charge in [-0.05, 0) is 30.0 Å². The van der Waals surface area contributed by atoms with Gasteiger partial charge in [-0.3, -0.25) is 4.79 Å². The molecule has 2 aromatic heterocycles.